The van der Waals surface area contributed by atoms with Gasteiger partial charge in [0.15, 0.2) is 0 Å². The Morgan fingerprint density at radius 2 is 2.10 bits per heavy atom. The van der Waals surface area contributed by atoms with Gasteiger partial charge in [0.25, 0.3) is 5.91 Å². The van der Waals surface area contributed by atoms with Crippen molar-refractivity contribution in [3.8, 4) is 10.4 Å². The number of aryl methyl sites for hydroxylation is 1. The first-order valence-electron chi connectivity index (χ1n) is 10.5. The lowest BCUT2D eigenvalue weighted by Gasteiger charge is -2.35. The Bertz CT molecular complexity index is 1200. The normalized spacial score (nSPS) is 16.7. The molecule has 1 aliphatic heterocycles. The fraction of sp³-hybridized carbons (Fsp3) is 0.292. The first-order chi connectivity index (χ1) is 15.1. The van der Waals surface area contributed by atoms with Gasteiger partial charge in [-0.2, -0.15) is 0 Å². The molecule has 0 radical (unpaired) electrons. The maximum atomic E-state index is 13.6. The number of hydrogen-bond donors (Lipinski definition) is 0. The number of benzene rings is 1. The molecule has 0 N–H and O–H groups in total. The minimum atomic E-state index is -0.297. The maximum absolute atomic E-state index is 13.6. The highest BCUT2D eigenvalue weighted by atomic mass is 32.1. The van der Waals surface area contributed by atoms with E-state index in [1.54, 1.807) is 18.3 Å². The molecule has 31 heavy (non-hydrogen) atoms. The number of amides is 1. The van der Waals surface area contributed by atoms with Crippen LogP contribution in [-0.4, -0.2) is 33.4 Å². The van der Waals surface area contributed by atoms with E-state index < -0.39 is 0 Å². The predicted octanol–water partition coefficient (Wildman–Crippen LogP) is 5.64. The van der Waals surface area contributed by atoms with Crippen molar-refractivity contribution < 1.29 is 13.6 Å². The summed E-state index contributed by atoms with van der Waals surface area (Å²) in [6.07, 6.45) is 5.34. The van der Waals surface area contributed by atoms with Gasteiger partial charge in [-0.15, -0.1) is 11.3 Å². The van der Waals surface area contributed by atoms with Gasteiger partial charge in [0.05, 0.1) is 9.88 Å². The number of pyridine rings is 1. The van der Waals surface area contributed by atoms with Crippen LogP contribution in [0.3, 0.4) is 0 Å². The average molecular weight is 436 g/mol. The Morgan fingerprint density at radius 3 is 2.90 bits per heavy atom. The van der Waals surface area contributed by atoms with E-state index in [9.17, 15) is 9.18 Å². The molecule has 1 unspecified atom stereocenters. The molecule has 3 aromatic heterocycles. The van der Waals surface area contributed by atoms with Crippen molar-refractivity contribution in [1.82, 2.24) is 14.9 Å². The Hall–Kier alpha value is -3.06. The van der Waals surface area contributed by atoms with E-state index in [4.69, 9.17) is 4.42 Å². The van der Waals surface area contributed by atoms with E-state index in [0.29, 0.717) is 24.4 Å². The summed E-state index contributed by atoms with van der Waals surface area (Å²) in [5.41, 5.74) is 1.89. The van der Waals surface area contributed by atoms with Crippen LogP contribution in [0.15, 0.2) is 53.1 Å². The van der Waals surface area contributed by atoms with Crippen LogP contribution in [0, 0.1) is 12.7 Å². The molecule has 4 heterocycles. The monoisotopic (exact) mass is 435 g/mol. The predicted molar refractivity (Wildman–Crippen MR) is 119 cm³/mol. The van der Waals surface area contributed by atoms with Gasteiger partial charge in [-0.25, -0.2) is 14.4 Å². The van der Waals surface area contributed by atoms with E-state index in [0.717, 1.165) is 45.9 Å². The van der Waals surface area contributed by atoms with Crippen molar-refractivity contribution in [1.29, 1.82) is 0 Å². The number of piperidine rings is 1. The minimum Gasteiger partial charge on any atom is -0.443 e. The number of likely N-dealkylation sites (tertiary alicyclic amines) is 1. The fourth-order valence-electron chi connectivity index (χ4n) is 4.24. The molecule has 4 aromatic rings. The number of carbonyl (C=O) groups is 1. The molecule has 0 bridgehead atoms. The zero-order chi connectivity index (χ0) is 21.4. The number of fused-ring (bicyclic) bond motifs is 1. The summed E-state index contributed by atoms with van der Waals surface area (Å²) < 4.78 is 19.3. The quantitative estimate of drug-likeness (QED) is 0.416. The molecule has 158 valence electrons. The zero-order valence-corrected chi connectivity index (χ0v) is 18.0. The number of furan rings is 1. The van der Waals surface area contributed by atoms with Crippen LogP contribution in [-0.2, 0) is 6.42 Å². The SMILES string of the molecule is Cc1nc(C(=O)N2CCCCC2Cc2cc3cccnc3o2)c(-c2ccc(F)cc2)s1. The molecule has 0 spiro atoms. The summed E-state index contributed by atoms with van der Waals surface area (Å²) >= 11 is 1.47. The van der Waals surface area contributed by atoms with E-state index in [1.165, 1.54) is 23.5 Å². The highest BCUT2D eigenvalue weighted by Crippen LogP contribution is 2.33. The largest absolute Gasteiger partial charge is 0.443 e. The smallest absolute Gasteiger partial charge is 0.274 e. The van der Waals surface area contributed by atoms with Gasteiger partial charge >= 0.3 is 0 Å². The van der Waals surface area contributed by atoms with Crippen LogP contribution in [0.4, 0.5) is 4.39 Å². The number of aromatic nitrogens is 2. The van der Waals surface area contributed by atoms with Gasteiger partial charge in [0.2, 0.25) is 5.71 Å². The molecule has 5 rings (SSSR count). The number of halogens is 1. The maximum Gasteiger partial charge on any atom is 0.274 e. The number of hydrogen-bond acceptors (Lipinski definition) is 5. The summed E-state index contributed by atoms with van der Waals surface area (Å²) in [5.74, 6) is 0.475. The summed E-state index contributed by atoms with van der Waals surface area (Å²) in [7, 11) is 0. The second-order valence-corrected chi connectivity index (χ2v) is 9.08. The summed E-state index contributed by atoms with van der Waals surface area (Å²) in [5, 5.41) is 1.79. The van der Waals surface area contributed by atoms with Gasteiger partial charge in [-0.05, 0) is 62.1 Å². The molecule has 1 atom stereocenters. The lowest BCUT2D eigenvalue weighted by Crippen LogP contribution is -2.45. The molecule has 1 aliphatic rings. The van der Waals surface area contributed by atoms with Crippen LogP contribution in [0.25, 0.3) is 21.5 Å². The highest BCUT2D eigenvalue weighted by Gasteiger charge is 2.31. The van der Waals surface area contributed by atoms with Crippen molar-refractivity contribution in [2.24, 2.45) is 0 Å². The van der Waals surface area contributed by atoms with E-state index in [-0.39, 0.29) is 17.8 Å². The van der Waals surface area contributed by atoms with Gasteiger partial charge in [-0.3, -0.25) is 4.79 Å². The van der Waals surface area contributed by atoms with E-state index in [2.05, 4.69) is 9.97 Å². The average Bonchev–Trinajstić information content (AvgIpc) is 3.37. The molecular weight excluding hydrogens is 413 g/mol. The molecule has 5 nitrogen and oxygen atoms in total. The van der Waals surface area contributed by atoms with Crippen LogP contribution in [0.5, 0.6) is 0 Å². The van der Waals surface area contributed by atoms with Crippen LogP contribution < -0.4 is 0 Å². The van der Waals surface area contributed by atoms with E-state index >= 15 is 0 Å². The van der Waals surface area contributed by atoms with Gasteiger partial charge in [0, 0.05) is 30.6 Å². The number of thiazole rings is 1. The molecule has 1 amide bonds. The van der Waals surface area contributed by atoms with Crippen molar-refractivity contribution in [3.05, 3.63) is 70.9 Å². The van der Waals surface area contributed by atoms with Crippen LogP contribution >= 0.6 is 11.3 Å². The van der Waals surface area contributed by atoms with Crippen molar-refractivity contribution in [2.45, 2.75) is 38.6 Å². The number of nitrogens with zero attached hydrogens (tertiary/aromatic N) is 3. The summed E-state index contributed by atoms with van der Waals surface area (Å²) in [6, 6.07) is 12.2. The van der Waals surface area contributed by atoms with Crippen LogP contribution in [0.1, 0.15) is 40.5 Å². The number of carbonyl (C=O) groups excluding carboxylic acids is 1. The fourth-order valence-corrected chi connectivity index (χ4v) is 5.16. The summed E-state index contributed by atoms with van der Waals surface area (Å²) in [6.45, 7) is 2.59. The van der Waals surface area contributed by atoms with Crippen molar-refractivity contribution in [3.63, 3.8) is 0 Å². The molecular formula is C24H22FN3O2S. The standard InChI is InChI=1S/C24H22FN3O2S/c1-15-27-21(22(31-15)16-7-9-18(25)10-8-16)24(29)28-12-3-2-6-19(28)14-20-13-17-5-4-11-26-23(17)30-20/h4-5,7-11,13,19H,2-3,6,12,14H2,1H3. The minimum absolute atomic E-state index is 0.0462. The molecule has 0 aliphatic carbocycles. The van der Waals surface area contributed by atoms with Crippen LogP contribution in [0.2, 0.25) is 0 Å². The second-order valence-electron chi connectivity index (χ2n) is 7.88. The Balaban J connectivity index is 1.44. The molecule has 1 fully saturated rings. The lowest BCUT2D eigenvalue weighted by molar-refractivity contribution is 0.0603. The number of rotatable bonds is 4. The van der Waals surface area contributed by atoms with E-state index in [1.807, 2.05) is 30.0 Å². The van der Waals surface area contributed by atoms with Gasteiger partial charge < -0.3 is 9.32 Å². The molecule has 1 saturated heterocycles. The topological polar surface area (TPSA) is 59.2 Å². The third-order valence-electron chi connectivity index (χ3n) is 5.71. The van der Waals surface area contributed by atoms with Gasteiger partial charge in [0.1, 0.15) is 17.3 Å². The molecule has 7 heteroatoms. The Kier molecular flexibility index (Phi) is 5.28. The zero-order valence-electron chi connectivity index (χ0n) is 17.2. The Labute approximate surface area is 183 Å². The first-order valence-corrected chi connectivity index (χ1v) is 11.3. The van der Waals surface area contributed by atoms with Gasteiger partial charge in [-0.1, -0.05) is 12.1 Å². The first kappa shape index (κ1) is 19.9. The highest BCUT2D eigenvalue weighted by molar-refractivity contribution is 7.15. The lowest BCUT2D eigenvalue weighted by atomic mass is 9.97. The third kappa shape index (κ3) is 3.97. The van der Waals surface area contributed by atoms with Crippen molar-refractivity contribution >= 4 is 28.3 Å². The Morgan fingerprint density at radius 1 is 1.26 bits per heavy atom. The second kappa shape index (κ2) is 8.23. The summed E-state index contributed by atoms with van der Waals surface area (Å²) in [4.78, 5) is 25.2. The molecule has 0 saturated carbocycles. The molecule has 1 aromatic carbocycles. The van der Waals surface area contributed by atoms with Crippen molar-refractivity contribution in [2.75, 3.05) is 6.54 Å². The third-order valence-corrected chi connectivity index (χ3v) is 6.73.